The molecule has 1 N–H and O–H groups in total. The summed E-state index contributed by atoms with van der Waals surface area (Å²) in [5.41, 5.74) is 3.77. The molecular weight excluding hydrogens is 364 g/mol. The Labute approximate surface area is 170 Å². The zero-order valence-corrected chi connectivity index (χ0v) is 16.6. The van der Waals surface area contributed by atoms with Crippen LogP contribution in [0.5, 0.6) is 0 Å². The quantitative estimate of drug-likeness (QED) is 0.633. The topological polar surface area (TPSA) is 67.2 Å². The Hall–Kier alpha value is -3.67. The summed E-state index contributed by atoms with van der Waals surface area (Å²) in [6.07, 6.45) is 5.15. The van der Waals surface area contributed by atoms with E-state index in [-0.39, 0.29) is 18.4 Å². The van der Waals surface area contributed by atoms with Gasteiger partial charge in [-0.25, -0.2) is 0 Å². The fourth-order valence-corrected chi connectivity index (χ4v) is 2.89. The third-order valence-electron chi connectivity index (χ3n) is 4.47. The van der Waals surface area contributed by atoms with Gasteiger partial charge in [0.1, 0.15) is 0 Å². The number of carbonyl (C=O) groups excluding carboxylic acids is 2. The Morgan fingerprint density at radius 2 is 1.72 bits per heavy atom. The Morgan fingerprint density at radius 3 is 2.38 bits per heavy atom. The van der Waals surface area contributed by atoms with Gasteiger partial charge in [0.15, 0.2) is 0 Å². The summed E-state index contributed by atoms with van der Waals surface area (Å²) in [4.78, 5) is 25.2. The molecule has 0 spiro atoms. The molecule has 29 heavy (non-hydrogen) atoms. The van der Waals surface area contributed by atoms with Gasteiger partial charge >= 0.3 is 0 Å². The first-order valence-corrected chi connectivity index (χ1v) is 9.37. The van der Waals surface area contributed by atoms with Crippen molar-refractivity contribution in [2.45, 2.75) is 6.54 Å². The van der Waals surface area contributed by atoms with Gasteiger partial charge in [0.25, 0.3) is 0 Å². The van der Waals surface area contributed by atoms with Crippen molar-refractivity contribution in [3.05, 3.63) is 84.1 Å². The maximum absolute atomic E-state index is 12.3. The molecule has 0 atom stereocenters. The normalized spacial score (nSPS) is 10.8. The van der Waals surface area contributed by atoms with Crippen LogP contribution in [-0.2, 0) is 16.1 Å². The fourth-order valence-electron chi connectivity index (χ4n) is 2.89. The van der Waals surface area contributed by atoms with Crippen LogP contribution >= 0.6 is 0 Å². The van der Waals surface area contributed by atoms with Crippen LogP contribution in [-0.4, -0.2) is 47.1 Å². The number of carbonyl (C=O) groups is 2. The second-order valence-electron chi connectivity index (χ2n) is 6.68. The number of benzene rings is 2. The number of nitrogens with zero attached hydrogens (tertiary/aromatic N) is 3. The van der Waals surface area contributed by atoms with Crippen molar-refractivity contribution < 1.29 is 9.59 Å². The minimum absolute atomic E-state index is 0.0124. The number of amides is 2. The maximum Gasteiger partial charge on any atom is 0.246 e. The van der Waals surface area contributed by atoms with E-state index in [2.05, 4.69) is 17.4 Å². The third kappa shape index (κ3) is 5.42. The molecule has 6 nitrogen and oxygen atoms in total. The Kier molecular flexibility index (Phi) is 6.58. The lowest BCUT2D eigenvalue weighted by Crippen LogP contribution is -2.35. The minimum atomic E-state index is -0.247. The molecule has 1 aromatic heterocycles. The number of rotatable bonds is 7. The van der Waals surface area contributed by atoms with Crippen LogP contribution in [0, 0.1) is 0 Å². The Bertz CT molecular complexity index is 994. The summed E-state index contributed by atoms with van der Waals surface area (Å²) in [6, 6.07) is 19.9. The molecule has 3 aromatic rings. The van der Waals surface area contributed by atoms with Crippen LogP contribution in [0.25, 0.3) is 17.3 Å². The molecule has 0 bridgehead atoms. The first-order chi connectivity index (χ1) is 14.1. The van der Waals surface area contributed by atoms with Crippen molar-refractivity contribution in [3.8, 4) is 11.3 Å². The van der Waals surface area contributed by atoms with Crippen LogP contribution in [0.2, 0.25) is 0 Å². The van der Waals surface area contributed by atoms with Crippen molar-refractivity contribution in [1.82, 2.24) is 20.0 Å². The average molecular weight is 388 g/mol. The third-order valence-corrected chi connectivity index (χ3v) is 4.47. The van der Waals surface area contributed by atoms with Gasteiger partial charge in [-0.2, -0.15) is 5.10 Å². The molecule has 2 amide bonds. The van der Waals surface area contributed by atoms with Gasteiger partial charge in [-0.1, -0.05) is 60.7 Å². The van der Waals surface area contributed by atoms with Crippen molar-refractivity contribution in [3.63, 3.8) is 0 Å². The zero-order valence-electron chi connectivity index (χ0n) is 16.6. The molecule has 0 aliphatic rings. The van der Waals surface area contributed by atoms with Gasteiger partial charge in [-0.05, 0) is 11.6 Å². The van der Waals surface area contributed by atoms with Crippen LogP contribution in [0.3, 0.4) is 0 Å². The molecule has 148 valence electrons. The SMILES string of the molecule is CNC(=O)CN(C)C(=O)/C=C/c1cn(Cc2ccccc2)nc1-c1ccccc1. The number of hydrogen-bond donors (Lipinski definition) is 1. The molecule has 0 unspecified atom stereocenters. The van der Waals surface area contributed by atoms with Gasteiger partial charge in [0.05, 0.1) is 18.8 Å². The summed E-state index contributed by atoms with van der Waals surface area (Å²) < 4.78 is 1.87. The maximum atomic E-state index is 12.3. The van der Waals surface area contributed by atoms with Gasteiger partial charge in [0, 0.05) is 37.5 Å². The molecule has 0 saturated heterocycles. The zero-order chi connectivity index (χ0) is 20.6. The Balaban J connectivity index is 1.86. The van der Waals surface area contributed by atoms with Crippen LogP contribution in [0.1, 0.15) is 11.1 Å². The predicted octanol–water partition coefficient (Wildman–Crippen LogP) is 2.82. The second kappa shape index (κ2) is 9.50. The van der Waals surface area contributed by atoms with Gasteiger partial charge in [0.2, 0.25) is 11.8 Å². The lowest BCUT2D eigenvalue weighted by Gasteiger charge is -2.13. The van der Waals surface area contributed by atoms with Gasteiger partial charge in [-0.3, -0.25) is 14.3 Å². The van der Waals surface area contributed by atoms with E-state index in [1.165, 1.54) is 11.0 Å². The summed E-state index contributed by atoms with van der Waals surface area (Å²) in [5, 5.41) is 7.25. The number of aromatic nitrogens is 2. The molecule has 0 saturated carbocycles. The average Bonchev–Trinajstić information content (AvgIpc) is 3.15. The van der Waals surface area contributed by atoms with E-state index < -0.39 is 0 Å². The van der Waals surface area contributed by atoms with E-state index in [1.807, 2.05) is 59.4 Å². The molecule has 1 heterocycles. The van der Waals surface area contributed by atoms with E-state index in [0.717, 1.165) is 22.4 Å². The minimum Gasteiger partial charge on any atom is -0.358 e. The summed E-state index contributed by atoms with van der Waals surface area (Å²) in [7, 11) is 3.14. The lowest BCUT2D eigenvalue weighted by atomic mass is 10.1. The predicted molar refractivity (Wildman–Crippen MR) is 114 cm³/mol. The van der Waals surface area contributed by atoms with Crippen LogP contribution < -0.4 is 5.32 Å². The molecule has 2 aromatic carbocycles. The van der Waals surface area contributed by atoms with Crippen molar-refractivity contribution in [2.75, 3.05) is 20.6 Å². The molecule has 0 fully saturated rings. The highest BCUT2D eigenvalue weighted by Crippen LogP contribution is 2.23. The van der Waals surface area contributed by atoms with E-state index in [9.17, 15) is 9.59 Å². The highest BCUT2D eigenvalue weighted by atomic mass is 16.2. The van der Waals surface area contributed by atoms with Crippen LogP contribution in [0.4, 0.5) is 0 Å². The molecule has 3 rings (SSSR count). The monoisotopic (exact) mass is 388 g/mol. The highest BCUT2D eigenvalue weighted by Gasteiger charge is 2.12. The van der Waals surface area contributed by atoms with Crippen LogP contribution in [0.15, 0.2) is 72.9 Å². The molecule has 0 radical (unpaired) electrons. The second-order valence-corrected chi connectivity index (χ2v) is 6.68. The fraction of sp³-hybridized carbons (Fsp3) is 0.174. The number of nitrogens with one attached hydrogen (secondary N) is 1. The van der Waals surface area contributed by atoms with E-state index in [4.69, 9.17) is 5.10 Å². The molecule has 0 aliphatic heterocycles. The first-order valence-electron chi connectivity index (χ1n) is 9.37. The molecular formula is C23H24N4O2. The van der Waals surface area contributed by atoms with E-state index in [1.54, 1.807) is 20.2 Å². The summed E-state index contributed by atoms with van der Waals surface area (Å²) >= 11 is 0. The number of hydrogen-bond acceptors (Lipinski definition) is 3. The first kappa shape index (κ1) is 20.1. The van der Waals surface area contributed by atoms with Crippen molar-refractivity contribution in [1.29, 1.82) is 0 Å². The molecule has 6 heteroatoms. The van der Waals surface area contributed by atoms with Crippen molar-refractivity contribution in [2.24, 2.45) is 0 Å². The van der Waals surface area contributed by atoms with Crippen molar-refractivity contribution >= 4 is 17.9 Å². The van der Waals surface area contributed by atoms with E-state index in [0.29, 0.717) is 6.54 Å². The van der Waals surface area contributed by atoms with Gasteiger partial charge in [-0.15, -0.1) is 0 Å². The summed E-state index contributed by atoms with van der Waals surface area (Å²) in [6.45, 7) is 0.650. The Morgan fingerprint density at radius 1 is 1.07 bits per heavy atom. The highest BCUT2D eigenvalue weighted by molar-refractivity contribution is 5.94. The smallest absolute Gasteiger partial charge is 0.246 e. The van der Waals surface area contributed by atoms with Gasteiger partial charge < -0.3 is 10.2 Å². The standard InChI is InChI=1S/C23H24N4O2/c1-24-21(28)17-26(2)22(29)14-13-20-16-27(15-18-9-5-3-6-10-18)25-23(20)19-11-7-4-8-12-19/h3-14,16H,15,17H2,1-2H3,(H,24,28)/b14-13+. The largest absolute Gasteiger partial charge is 0.358 e. The summed E-state index contributed by atoms with van der Waals surface area (Å²) in [5.74, 6) is -0.460. The van der Waals surface area contributed by atoms with E-state index >= 15 is 0 Å². The number of likely N-dealkylation sites (N-methyl/N-ethyl adjacent to an activating group) is 2. The lowest BCUT2D eigenvalue weighted by molar-refractivity contribution is -0.130. The molecule has 0 aliphatic carbocycles.